The van der Waals surface area contributed by atoms with Crippen LogP contribution in [0.25, 0.3) is 22.2 Å². The number of aromatic nitrogens is 3. The van der Waals surface area contributed by atoms with E-state index in [1.165, 1.54) is 6.21 Å². The topological polar surface area (TPSA) is 93.7 Å². The van der Waals surface area contributed by atoms with E-state index < -0.39 is 0 Å². The molecule has 1 aliphatic rings. The van der Waals surface area contributed by atoms with Crippen molar-refractivity contribution in [1.82, 2.24) is 19.4 Å². The minimum absolute atomic E-state index is 0.375. The van der Waals surface area contributed by atoms with Gasteiger partial charge in [-0.15, -0.1) is 0 Å². The van der Waals surface area contributed by atoms with E-state index in [1.54, 1.807) is 0 Å². The number of hydrogen-bond donors (Lipinski definition) is 3. The summed E-state index contributed by atoms with van der Waals surface area (Å²) in [5.74, 6) is 0.480. The standard InChI is InChI=1S/C28H31N7/c1-19(2)34-12-9-26-27(34)16-22(17-33-26)20-8-11-31-24(14-20)18-32-23-5-3-4-21(15-23)28(30)35(13-10-29)25-6-7-25/h3-5,8-12,14-17,19,25,29-30,32H,6-7,13,18H2,1-2H3. The van der Waals surface area contributed by atoms with Crippen LogP contribution in [-0.2, 0) is 6.54 Å². The van der Waals surface area contributed by atoms with Gasteiger partial charge in [0.1, 0.15) is 5.84 Å². The van der Waals surface area contributed by atoms with Crippen LogP contribution in [0, 0.1) is 10.8 Å². The zero-order valence-electron chi connectivity index (χ0n) is 20.2. The zero-order valence-corrected chi connectivity index (χ0v) is 20.2. The minimum atomic E-state index is 0.375. The molecule has 0 saturated heterocycles. The smallest absolute Gasteiger partial charge is 0.128 e. The van der Waals surface area contributed by atoms with Crippen molar-refractivity contribution in [3.05, 3.63) is 78.4 Å². The number of hydrogen-bond acceptors (Lipinski definition) is 5. The third-order valence-corrected chi connectivity index (χ3v) is 6.45. The molecule has 4 aromatic rings. The summed E-state index contributed by atoms with van der Waals surface area (Å²) in [4.78, 5) is 11.2. The summed E-state index contributed by atoms with van der Waals surface area (Å²) in [5.41, 5.74) is 7.04. The molecule has 0 amide bonds. The van der Waals surface area contributed by atoms with Gasteiger partial charge in [0, 0.05) is 53.7 Å². The Kier molecular flexibility index (Phi) is 6.31. The normalized spacial score (nSPS) is 13.2. The summed E-state index contributed by atoms with van der Waals surface area (Å²) < 4.78 is 2.24. The molecule has 178 valence electrons. The van der Waals surface area contributed by atoms with Crippen LogP contribution in [-0.4, -0.2) is 44.1 Å². The monoisotopic (exact) mass is 465 g/mol. The van der Waals surface area contributed by atoms with Crippen molar-refractivity contribution in [2.75, 3.05) is 11.9 Å². The summed E-state index contributed by atoms with van der Waals surface area (Å²) in [6.07, 6.45) is 9.44. The quantitative estimate of drug-likeness (QED) is 0.217. The molecule has 1 fully saturated rings. The molecule has 5 rings (SSSR count). The van der Waals surface area contributed by atoms with E-state index in [-0.39, 0.29) is 0 Å². The molecule has 1 aromatic carbocycles. The molecule has 1 saturated carbocycles. The van der Waals surface area contributed by atoms with Gasteiger partial charge in [-0.25, -0.2) is 0 Å². The Bertz CT molecular complexity index is 1370. The van der Waals surface area contributed by atoms with E-state index in [0.717, 1.165) is 51.9 Å². The summed E-state index contributed by atoms with van der Waals surface area (Å²) in [6.45, 7) is 5.42. The molecular weight excluding hydrogens is 434 g/mol. The van der Waals surface area contributed by atoms with Crippen LogP contribution in [0.5, 0.6) is 0 Å². The van der Waals surface area contributed by atoms with Crippen molar-refractivity contribution >= 4 is 28.8 Å². The van der Waals surface area contributed by atoms with Crippen molar-refractivity contribution in [2.45, 2.75) is 45.3 Å². The Labute approximate surface area is 205 Å². The summed E-state index contributed by atoms with van der Waals surface area (Å²) >= 11 is 0. The molecule has 3 aromatic heterocycles. The first kappa shape index (κ1) is 22.8. The maximum Gasteiger partial charge on any atom is 0.128 e. The van der Waals surface area contributed by atoms with Crippen molar-refractivity contribution in [1.29, 1.82) is 10.8 Å². The average molecular weight is 466 g/mol. The lowest BCUT2D eigenvalue weighted by Crippen LogP contribution is -2.34. The van der Waals surface area contributed by atoms with Gasteiger partial charge in [-0.3, -0.25) is 15.4 Å². The van der Waals surface area contributed by atoms with Gasteiger partial charge in [-0.2, -0.15) is 0 Å². The van der Waals surface area contributed by atoms with Crippen LogP contribution in [0.3, 0.4) is 0 Å². The Morgan fingerprint density at radius 1 is 1.14 bits per heavy atom. The molecule has 0 unspecified atom stereocenters. The largest absolute Gasteiger partial charge is 0.379 e. The van der Waals surface area contributed by atoms with Gasteiger partial charge < -0.3 is 20.2 Å². The van der Waals surface area contributed by atoms with E-state index in [9.17, 15) is 0 Å². The van der Waals surface area contributed by atoms with Crippen LogP contribution in [0.15, 0.2) is 67.1 Å². The maximum atomic E-state index is 8.64. The number of nitrogens with one attached hydrogen (secondary N) is 3. The minimum Gasteiger partial charge on any atom is -0.379 e. The summed E-state index contributed by atoms with van der Waals surface area (Å²) in [6, 6.07) is 17.1. The number of pyridine rings is 2. The van der Waals surface area contributed by atoms with Crippen molar-refractivity contribution < 1.29 is 0 Å². The van der Waals surface area contributed by atoms with Crippen LogP contribution in [0.4, 0.5) is 5.69 Å². The van der Waals surface area contributed by atoms with Gasteiger partial charge in [0.2, 0.25) is 0 Å². The molecule has 7 heteroatoms. The van der Waals surface area contributed by atoms with Crippen LogP contribution in [0.1, 0.15) is 44.0 Å². The molecule has 0 atom stereocenters. The molecule has 3 heterocycles. The third kappa shape index (κ3) is 4.94. The SMILES string of the molecule is CC(C)n1ccc2ncc(-c3ccnc(CNc4cccc(C(=N)N(CC=N)C5CC5)c4)c3)cc21. The predicted octanol–water partition coefficient (Wildman–Crippen LogP) is 5.73. The highest BCUT2D eigenvalue weighted by Gasteiger charge is 2.30. The van der Waals surface area contributed by atoms with Crippen LogP contribution in [0.2, 0.25) is 0 Å². The highest BCUT2D eigenvalue weighted by Crippen LogP contribution is 2.28. The number of fused-ring (bicyclic) bond motifs is 1. The highest BCUT2D eigenvalue weighted by molar-refractivity contribution is 5.98. The Balaban J connectivity index is 1.31. The fourth-order valence-corrected chi connectivity index (χ4v) is 4.44. The first-order valence-corrected chi connectivity index (χ1v) is 12.1. The number of nitrogens with zero attached hydrogens (tertiary/aromatic N) is 4. The zero-order chi connectivity index (χ0) is 24.4. The van der Waals surface area contributed by atoms with E-state index in [4.69, 9.17) is 10.8 Å². The summed E-state index contributed by atoms with van der Waals surface area (Å²) in [7, 11) is 0. The lowest BCUT2D eigenvalue weighted by molar-refractivity contribution is 0.465. The molecule has 0 bridgehead atoms. The molecule has 7 nitrogen and oxygen atoms in total. The molecular formula is C28H31N7. The second-order valence-corrected chi connectivity index (χ2v) is 9.35. The van der Waals surface area contributed by atoms with Crippen molar-refractivity contribution in [2.24, 2.45) is 0 Å². The number of rotatable bonds is 9. The van der Waals surface area contributed by atoms with Crippen LogP contribution >= 0.6 is 0 Å². The van der Waals surface area contributed by atoms with E-state index in [2.05, 4.69) is 58.1 Å². The van der Waals surface area contributed by atoms with Gasteiger partial charge in [-0.05, 0) is 68.7 Å². The fourth-order valence-electron chi connectivity index (χ4n) is 4.44. The fraction of sp³-hybridized carbons (Fsp3) is 0.286. The Morgan fingerprint density at radius 2 is 2.00 bits per heavy atom. The second-order valence-electron chi connectivity index (χ2n) is 9.35. The second kappa shape index (κ2) is 9.70. The average Bonchev–Trinajstić information content (AvgIpc) is 3.63. The Hall–Kier alpha value is -4.00. The van der Waals surface area contributed by atoms with E-state index in [0.29, 0.717) is 31.0 Å². The van der Waals surface area contributed by atoms with Crippen molar-refractivity contribution in [3.63, 3.8) is 0 Å². The summed E-state index contributed by atoms with van der Waals surface area (Å²) in [5, 5.41) is 19.6. The molecule has 0 aliphatic heterocycles. The van der Waals surface area contributed by atoms with Gasteiger partial charge in [0.05, 0.1) is 29.8 Å². The first-order valence-electron chi connectivity index (χ1n) is 12.1. The lowest BCUT2D eigenvalue weighted by atomic mass is 10.1. The highest BCUT2D eigenvalue weighted by atomic mass is 15.2. The van der Waals surface area contributed by atoms with Crippen molar-refractivity contribution in [3.8, 4) is 11.1 Å². The van der Waals surface area contributed by atoms with Gasteiger partial charge >= 0.3 is 0 Å². The number of benzene rings is 1. The maximum absolute atomic E-state index is 8.64. The third-order valence-electron chi connectivity index (χ3n) is 6.45. The molecule has 35 heavy (non-hydrogen) atoms. The van der Waals surface area contributed by atoms with E-state index >= 15 is 0 Å². The molecule has 0 spiro atoms. The van der Waals surface area contributed by atoms with Gasteiger partial charge in [0.25, 0.3) is 0 Å². The van der Waals surface area contributed by atoms with E-state index in [1.807, 2.05) is 47.6 Å². The Morgan fingerprint density at radius 3 is 2.77 bits per heavy atom. The number of anilines is 1. The molecule has 3 N–H and O–H groups in total. The molecule has 1 aliphatic carbocycles. The lowest BCUT2D eigenvalue weighted by Gasteiger charge is -2.23. The number of amidine groups is 1. The van der Waals surface area contributed by atoms with Crippen LogP contribution < -0.4 is 5.32 Å². The van der Waals surface area contributed by atoms with Gasteiger partial charge in [0.15, 0.2) is 0 Å². The van der Waals surface area contributed by atoms with Gasteiger partial charge in [-0.1, -0.05) is 12.1 Å². The predicted molar refractivity (Wildman–Crippen MR) is 142 cm³/mol. The first-order chi connectivity index (χ1) is 17.0. The molecule has 0 radical (unpaired) electrons.